The van der Waals surface area contributed by atoms with Crippen LogP contribution in [0.2, 0.25) is 0 Å². The van der Waals surface area contributed by atoms with E-state index in [2.05, 4.69) is 12.2 Å². The molecule has 2 unspecified atom stereocenters. The topological polar surface area (TPSA) is 45.4 Å². The minimum atomic E-state index is 0.0968. The van der Waals surface area contributed by atoms with Gasteiger partial charge in [-0.25, -0.2) is 0 Å². The monoisotopic (exact) mass is 219 g/mol. The van der Waals surface area contributed by atoms with Crippen molar-refractivity contribution in [3.05, 3.63) is 36.1 Å². The summed E-state index contributed by atoms with van der Waals surface area (Å²) in [5.41, 5.74) is 1.98. The van der Waals surface area contributed by atoms with E-state index in [1.807, 2.05) is 31.3 Å². The maximum atomic E-state index is 9.43. The van der Waals surface area contributed by atoms with Crippen LogP contribution in [0.5, 0.6) is 0 Å². The van der Waals surface area contributed by atoms with E-state index < -0.39 is 0 Å². The van der Waals surface area contributed by atoms with Crippen LogP contribution >= 0.6 is 0 Å². The van der Waals surface area contributed by atoms with Gasteiger partial charge in [-0.2, -0.15) is 0 Å². The minimum absolute atomic E-state index is 0.0968. The van der Waals surface area contributed by atoms with E-state index in [1.54, 1.807) is 6.26 Å². The van der Waals surface area contributed by atoms with Crippen molar-refractivity contribution in [3.63, 3.8) is 0 Å². The van der Waals surface area contributed by atoms with E-state index in [4.69, 9.17) is 4.42 Å². The normalized spacial score (nSPS) is 15.2. The highest BCUT2D eigenvalue weighted by atomic mass is 16.3. The van der Waals surface area contributed by atoms with Crippen LogP contribution in [0, 0.1) is 0 Å². The molecular weight excluding hydrogens is 202 g/mol. The first kappa shape index (κ1) is 11.2. The molecule has 86 valence electrons. The van der Waals surface area contributed by atoms with E-state index in [9.17, 15) is 5.11 Å². The first-order chi connectivity index (χ1) is 7.76. The van der Waals surface area contributed by atoms with Gasteiger partial charge in [-0.15, -0.1) is 0 Å². The predicted octanol–water partition coefficient (Wildman–Crippen LogP) is 2.12. The third-order valence-corrected chi connectivity index (χ3v) is 3.16. The average Bonchev–Trinajstić information content (AvgIpc) is 2.77. The molecular formula is C13H17NO2. The highest BCUT2D eigenvalue weighted by Gasteiger charge is 2.17. The first-order valence-electron chi connectivity index (χ1n) is 5.51. The number of hydrogen-bond acceptors (Lipinski definition) is 3. The summed E-state index contributed by atoms with van der Waals surface area (Å²) in [6.07, 6.45) is 1.68. The Morgan fingerprint density at radius 1 is 1.38 bits per heavy atom. The average molecular weight is 219 g/mol. The number of fused-ring (bicyclic) bond motifs is 1. The van der Waals surface area contributed by atoms with Crippen LogP contribution in [-0.4, -0.2) is 24.8 Å². The number of hydrogen-bond donors (Lipinski definition) is 2. The van der Waals surface area contributed by atoms with Gasteiger partial charge < -0.3 is 14.8 Å². The summed E-state index contributed by atoms with van der Waals surface area (Å²) in [4.78, 5) is 0. The van der Waals surface area contributed by atoms with E-state index in [1.165, 1.54) is 0 Å². The first-order valence-corrected chi connectivity index (χ1v) is 5.51. The van der Waals surface area contributed by atoms with Gasteiger partial charge in [0.2, 0.25) is 0 Å². The van der Waals surface area contributed by atoms with Gasteiger partial charge in [0.15, 0.2) is 0 Å². The molecule has 0 aliphatic rings. The highest BCUT2D eigenvalue weighted by Crippen LogP contribution is 2.24. The zero-order chi connectivity index (χ0) is 11.5. The van der Waals surface area contributed by atoms with Crippen LogP contribution in [0.4, 0.5) is 0 Å². The number of benzene rings is 1. The van der Waals surface area contributed by atoms with Crippen LogP contribution < -0.4 is 5.32 Å². The number of nitrogens with one attached hydrogen (secondary N) is 1. The SMILES string of the molecule is CNC(C)C(CO)c1ccc2ccoc2c1. The fourth-order valence-corrected chi connectivity index (χ4v) is 1.96. The van der Waals surface area contributed by atoms with Crippen molar-refractivity contribution in [2.24, 2.45) is 0 Å². The molecule has 2 N–H and O–H groups in total. The fraction of sp³-hybridized carbons (Fsp3) is 0.385. The van der Waals surface area contributed by atoms with Crippen molar-refractivity contribution < 1.29 is 9.52 Å². The van der Waals surface area contributed by atoms with E-state index in [-0.39, 0.29) is 18.6 Å². The van der Waals surface area contributed by atoms with E-state index in [0.717, 1.165) is 16.5 Å². The second-order valence-corrected chi connectivity index (χ2v) is 4.08. The maximum Gasteiger partial charge on any atom is 0.134 e. The molecule has 2 atom stereocenters. The maximum absolute atomic E-state index is 9.43. The lowest BCUT2D eigenvalue weighted by Gasteiger charge is -2.21. The van der Waals surface area contributed by atoms with E-state index >= 15 is 0 Å². The highest BCUT2D eigenvalue weighted by molar-refractivity contribution is 5.77. The van der Waals surface area contributed by atoms with Gasteiger partial charge in [0.05, 0.1) is 12.9 Å². The molecule has 0 fully saturated rings. The summed E-state index contributed by atoms with van der Waals surface area (Å²) >= 11 is 0. The van der Waals surface area contributed by atoms with Crippen LogP contribution in [0.25, 0.3) is 11.0 Å². The van der Waals surface area contributed by atoms with Gasteiger partial charge in [-0.1, -0.05) is 12.1 Å². The molecule has 0 saturated carbocycles. The summed E-state index contributed by atoms with van der Waals surface area (Å²) in [5, 5.41) is 13.7. The quantitative estimate of drug-likeness (QED) is 0.828. The number of furan rings is 1. The molecule has 2 aromatic rings. The van der Waals surface area contributed by atoms with Crippen LogP contribution in [0.1, 0.15) is 18.4 Å². The Morgan fingerprint density at radius 2 is 2.19 bits per heavy atom. The Hall–Kier alpha value is -1.32. The third-order valence-electron chi connectivity index (χ3n) is 3.16. The lowest BCUT2D eigenvalue weighted by molar-refractivity contribution is 0.243. The molecule has 0 radical (unpaired) electrons. The van der Waals surface area contributed by atoms with Crippen molar-refractivity contribution in [2.45, 2.75) is 18.9 Å². The van der Waals surface area contributed by atoms with Crippen molar-refractivity contribution in [1.29, 1.82) is 0 Å². The Bertz CT molecular complexity index is 464. The van der Waals surface area contributed by atoms with Crippen LogP contribution in [0.15, 0.2) is 34.9 Å². The van der Waals surface area contributed by atoms with Crippen molar-refractivity contribution in [2.75, 3.05) is 13.7 Å². The summed E-state index contributed by atoms with van der Waals surface area (Å²) in [6, 6.07) is 8.25. The number of aliphatic hydroxyl groups is 1. The largest absolute Gasteiger partial charge is 0.464 e. The van der Waals surface area contributed by atoms with E-state index in [0.29, 0.717) is 0 Å². The van der Waals surface area contributed by atoms with Gasteiger partial charge >= 0.3 is 0 Å². The molecule has 0 aliphatic heterocycles. The third kappa shape index (κ3) is 1.96. The van der Waals surface area contributed by atoms with Crippen LogP contribution in [-0.2, 0) is 0 Å². The molecule has 0 saturated heterocycles. The van der Waals surface area contributed by atoms with Crippen molar-refractivity contribution in [3.8, 4) is 0 Å². The Kier molecular flexibility index (Phi) is 3.27. The fourth-order valence-electron chi connectivity index (χ4n) is 1.96. The molecule has 0 aliphatic carbocycles. The summed E-state index contributed by atoms with van der Waals surface area (Å²) in [6.45, 7) is 2.20. The molecule has 0 spiro atoms. The summed E-state index contributed by atoms with van der Waals surface area (Å²) < 4.78 is 5.36. The van der Waals surface area contributed by atoms with Gasteiger partial charge in [-0.05, 0) is 31.7 Å². The second kappa shape index (κ2) is 4.68. The van der Waals surface area contributed by atoms with Crippen molar-refractivity contribution >= 4 is 11.0 Å². The smallest absolute Gasteiger partial charge is 0.134 e. The van der Waals surface area contributed by atoms with Gasteiger partial charge in [0.25, 0.3) is 0 Å². The Morgan fingerprint density at radius 3 is 2.88 bits per heavy atom. The standard InChI is InChI=1S/C13H17NO2/c1-9(14-2)12(8-15)11-4-3-10-5-6-16-13(10)7-11/h3-7,9,12,14-15H,8H2,1-2H3. The van der Waals surface area contributed by atoms with Crippen LogP contribution in [0.3, 0.4) is 0 Å². The minimum Gasteiger partial charge on any atom is -0.464 e. The zero-order valence-electron chi connectivity index (χ0n) is 9.60. The number of aliphatic hydroxyl groups excluding tert-OH is 1. The molecule has 1 aromatic carbocycles. The lowest BCUT2D eigenvalue weighted by Crippen LogP contribution is -2.30. The van der Waals surface area contributed by atoms with Gasteiger partial charge in [-0.3, -0.25) is 0 Å². The van der Waals surface area contributed by atoms with Crippen molar-refractivity contribution in [1.82, 2.24) is 5.32 Å². The predicted molar refractivity (Wildman–Crippen MR) is 64.6 cm³/mol. The molecule has 16 heavy (non-hydrogen) atoms. The summed E-state index contributed by atoms with van der Waals surface area (Å²) in [7, 11) is 1.90. The number of likely N-dealkylation sites (N-methyl/N-ethyl adjacent to an activating group) is 1. The van der Waals surface area contributed by atoms with Gasteiger partial charge in [0.1, 0.15) is 5.58 Å². The number of rotatable bonds is 4. The molecule has 2 rings (SSSR count). The Labute approximate surface area is 95.1 Å². The molecule has 1 aromatic heterocycles. The summed E-state index contributed by atoms with van der Waals surface area (Å²) in [5.74, 6) is 0.0968. The second-order valence-electron chi connectivity index (χ2n) is 4.08. The van der Waals surface area contributed by atoms with Gasteiger partial charge in [0, 0.05) is 17.3 Å². The Balaban J connectivity index is 2.36. The molecule has 1 heterocycles. The molecule has 3 heteroatoms. The zero-order valence-corrected chi connectivity index (χ0v) is 9.60. The lowest BCUT2D eigenvalue weighted by atomic mass is 9.93. The molecule has 0 bridgehead atoms. The molecule has 0 amide bonds. The molecule has 3 nitrogen and oxygen atoms in total.